The number of nitrogens with one attached hydrogen (secondary N) is 2. The molecular formula is C24H16Cl3F3N2O4. The summed E-state index contributed by atoms with van der Waals surface area (Å²) in [4.78, 5) is 37.7. The molecule has 188 valence electrons. The van der Waals surface area contributed by atoms with Gasteiger partial charge in [0.05, 0.1) is 26.9 Å². The van der Waals surface area contributed by atoms with Crippen LogP contribution in [-0.4, -0.2) is 24.3 Å². The molecule has 0 aliphatic rings. The quantitative estimate of drug-likeness (QED) is 0.332. The fourth-order valence-electron chi connectivity index (χ4n) is 2.99. The highest BCUT2D eigenvalue weighted by Crippen LogP contribution is 2.34. The van der Waals surface area contributed by atoms with E-state index < -0.39 is 42.2 Å². The molecule has 0 fully saturated rings. The Labute approximate surface area is 218 Å². The first-order chi connectivity index (χ1) is 17.0. The predicted molar refractivity (Wildman–Crippen MR) is 129 cm³/mol. The van der Waals surface area contributed by atoms with E-state index in [1.54, 1.807) is 18.2 Å². The second-order valence-electron chi connectivity index (χ2n) is 7.27. The van der Waals surface area contributed by atoms with Crippen molar-refractivity contribution < 1.29 is 32.3 Å². The van der Waals surface area contributed by atoms with Gasteiger partial charge in [0, 0.05) is 10.6 Å². The second-order valence-corrected chi connectivity index (χ2v) is 8.52. The van der Waals surface area contributed by atoms with Crippen molar-refractivity contribution in [2.24, 2.45) is 0 Å². The summed E-state index contributed by atoms with van der Waals surface area (Å²) in [7, 11) is 0. The van der Waals surface area contributed by atoms with Gasteiger partial charge in [0.1, 0.15) is 6.54 Å². The van der Waals surface area contributed by atoms with Gasteiger partial charge < -0.3 is 15.4 Å². The zero-order chi connectivity index (χ0) is 26.5. The summed E-state index contributed by atoms with van der Waals surface area (Å²) in [5.41, 5.74) is -1.05. The molecule has 1 unspecified atom stereocenters. The lowest BCUT2D eigenvalue weighted by Crippen LogP contribution is -2.33. The van der Waals surface area contributed by atoms with E-state index >= 15 is 0 Å². The summed E-state index contributed by atoms with van der Waals surface area (Å²) in [5, 5.41) is 4.81. The Balaban J connectivity index is 1.75. The van der Waals surface area contributed by atoms with Crippen molar-refractivity contribution in [3.63, 3.8) is 0 Å². The average Bonchev–Trinajstić information content (AvgIpc) is 2.82. The molecule has 6 nitrogen and oxygen atoms in total. The minimum atomic E-state index is -4.67. The topological polar surface area (TPSA) is 84.5 Å². The maximum Gasteiger partial charge on any atom is 0.416 e. The van der Waals surface area contributed by atoms with E-state index in [1.165, 1.54) is 30.3 Å². The number of hydrogen-bond donors (Lipinski definition) is 2. The van der Waals surface area contributed by atoms with Crippen LogP contribution in [0.15, 0.2) is 66.7 Å². The molecule has 0 aliphatic carbocycles. The van der Waals surface area contributed by atoms with E-state index in [9.17, 15) is 27.6 Å². The zero-order valence-electron chi connectivity index (χ0n) is 18.0. The van der Waals surface area contributed by atoms with Gasteiger partial charge in [0.2, 0.25) is 6.10 Å². The molecule has 0 bridgehead atoms. The number of ether oxygens (including phenoxy) is 1. The highest BCUT2D eigenvalue weighted by molar-refractivity contribution is 6.36. The maximum absolute atomic E-state index is 13.1. The highest BCUT2D eigenvalue weighted by atomic mass is 35.5. The normalized spacial score (nSPS) is 11.9. The van der Waals surface area contributed by atoms with Crippen LogP contribution in [0.1, 0.15) is 27.6 Å². The summed E-state index contributed by atoms with van der Waals surface area (Å²) in [5.74, 6) is -2.64. The summed E-state index contributed by atoms with van der Waals surface area (Å²) < 4.78 is 44.5. The van der Waals surface area contributed by atoms with Crippen molar-refractivity contribution in [2.45, 2.75) is 12.3 Å². The van der Waals surface area contributed by atoms with Crippen LogP contribution in [0, 0.1) is 0 Å². The van der Waals surface area contributed by atoms with Crippen molar-refractivity contribution in [2.75, 3.05) is 11.9 Å². The van der Waals surface area contributed by atoms with E-state index in [4.69, 9.17) is 39.5 Å². The number of rotatable bonds is 7. The Morgan fingerprint density at radius 1 is 0.889 bits per heavy atom. The third-order valence-corrected chi connectivity index (χ3v) is 5.59. The van der Waals surface area contributed by atoms with Gasteiger partial charge in [-0.15, -0.1) is 0 Å². The third kappa shape index (κ3) is 7.13. The number of carbonyl (C=O) groups is 3. The van der Waals surface area contributed by atoms with Gasteiger partial charge in [-0.05, 0) is 36.4 Å². The van der Waals surface area contributed by atoms with Crippen LogP contribution in [0.3, 0.4) is 0 Å². The number of benzene rings is 3. The average molecular weight is 560 g/mol. The van der Waals surface area contributed by atoms with Gasteiger partial charge in [-0.2, -0.15) is 13.2 Å². The molecule has 0 aliphatic heterocycles. The lowest BCUT2D eigenvalue weighted by atomic mass is 10.1. The smallest absolute Gasteiger partial charge is 0.416 e. The van der Waals surface area contributed by atoms with Gasteiger partial charge in [-0.25, -0.2) is 0 Å². The number of esters is 1. The molecule has 12 heteroatoms. The SMILES string of the molecule is O=C(CNC(=O)c1ccc(Cl)cc1Cl)OC(C(=O)Nc1cc(C(F)(F)F)ccc1Cl)c1ccccc1. The number of carbonyl (C=O) groups excluding carboxylic acids is 3. The molecule has 2 amide bonds. The Morgan fingerprint density at radius 2 is 1.58 bits per heavy atom. The number of hydrogen-bond acceptors (Lipinski definition) is 4. The summed E-state index contributed by atoms with van der Waals surface area (Å²) in [6, 6.07) is 14.3. The van der Waals surface area contributed by atoms with Gasteiger partial charge >= 0.3 is 12.1 Å². The summed E-state index contributed by atoms with van der Waals surface area (Å²) in [6.07, 6.45) is -6.22. The van der Waals surface area contributed by atoms with Crippen LogP contribution < -0.4 is 10.6 Å². The number of halogens is 6. The predicted octanol–water partition coefficient (Wildman–Crippen LogP) is 6.32. The molecule has 36 heavy (non-hydrogen) atoms. The molecule has 0 aromatic heterocycles. The molecule has 3 aromatic rings. The van der Waals surface area contributed by atoms with Crippen LogP contribution in [0.2, 0.25) is 15.1 Å². The molecule has 3 aromatic carbocycles. The van der Waals surface area contributed by atoms with Crippen LogP contribution in [0.5, 0.6) is 0 Å². The molecule has 0 spiro atoms. The van der Waals surface area contributed by atoms with Gasteiger partial charge in [-0.1, -0.05) is 65.1 Å². The van der Waals surface area contributed by atoms with Crippen molar-refractivity contribution in [3.8, 4) is 0 Å². The van der Waals surface area contributed by atoms with Gasteiger partial charge in [0.15, 0.2) is 0 Å². The lowest BCUT2D eigenvalue weighted by Gasteiger charge is -2.19. The third-order valence-electron chi connectivity index (χ3n) is 4.71. The van der Waals surface area contributed by atoms with E-state index in [1.807, 2.05) is 0 Å². The highest BCUT2D eigenvalue weighted by Gasteiger charge is 2.32. The zero-order valence-corrected chi connectivity index (χ0v) is 20.3. The maximum atomic E-state index is 13.1. The van der Waals surface area contributed by atoms with E-state index in [2.05, 4.69) is 10.6 Å². The lowest BCUT2D eigenvalue weighted by molar-refractivity contribution is -0.153. The molecule has 1 atom stereocenters. The Bertz CT molecular complexity index is 1290. The summed E-state index contributed by atoms with van der Waals surface area (Å²) in [6.45, 7) is -0.626. The van der Waals surface area contributed by atoms with Crippen molar-refractivity contribution >= 4 is 58.3 Å². The number of anilines is 1. The largest absolute Gasteiger partial charge is 0.446 e. The molecule has 0 radical (unpaired) electrons. The van der Waals surface area contributed by atoms with Crippen molar-refractivity contribution in [1.82, 2.24) is 5.32 Å². The standard InChI is InChI=1S/C24H16Cl3F3N2O4/c25-15-7-8-16(18(27)11-15)22(34)31-12-20(33)36-21(13-4-2-1-3-5-13)23(35)32-19-10-14(24(28,29)30)6-9-17(19)26/h1-11,21H,12H2,(H,31,34)(H,32,35). The van der Waals surface area contributed by atoms with Crippen LogP contribution in [0.25, 0.3) is 0 Å². The fourth-order valence-corrected chi connectivity index (χ4v) is 3.65. The molecule has 0 saturated carbocycles. The molecule has 0 heterocycles. The number of alkyl halides is 3. The molecule has 3 rings (SSSR count). The van der Waals surface area contributed by atoms with Gasteiger partial charge in [0.25, 0.3) is 11.8 Å². The van der Waals surface area contributed by atoms with Crippen molar-refractivity contribution in [3.05, 3.63) is 98.5 Å². The Morgan fingerprint density at radius 3 is 2.22 bits per heavy atom. The van der Waals surface area contributed by atoms with Crippen LogP contribution >= 0.6 is 34.8 Å². The van der Waals surface area contributed by atoms with E-state index in [0.29, 0.717) is 11.1 Å². The van der Waals surface area contributed by atoms with Crippen LogP contribution in [-0.2, 0) is 20.5 Å². The van der Waals surface area contributed by atoms with E-state index in [-0.39, 0.29) is 26.9 Å². The number of amides is 2. The molecule has 0 saturated heterocycles. The first-order valence-electron chi connectivity index (χ1n) is 10.1. The molecular weight excluding hydrogens is 544 g/mol. The Kier molecular flexibility index (Phi) is 8.84. The first-order valence-corrected chi connectivity index (χ1v) is 11.2. The minimum absolute atomic E-state index is 0.0606. The monoisotopic (exact) mass is 558 g/mol. The molecule has 2 N–H and O–H groups in total. The fraction of sp³-hybridized carbons (Fsp3) is 0.125. The Hall–Kier alpha value is -3.27. The summed E-state index contributed by atoms with van der Waals surface area (Å²) >= 11 is 17.7. The second kappa shape index (κ2) is 11.6. The van der Waals surface area contributed by atoms with Crippen LogP contribution in [0.4, 0.5) is 18.9 Å². The first kappa shape index (κ1) is 27.3. The van der Waals surface area contributed by atoms with Crippen molar-refractivity contribution in [1.29, 1.82) is 0 Å². The van der Waals surface area contributed by atoms with Gasteiger partial charge in [-0.3, -0.25) is 14.4 Å². The van der Waals surface area contributed by atoms with E-state index in [0.717, 1.165) is 12.1 Å². The minimum Gasteiger partial charge on any atom is -0.446 e.